The SMILES string of the molecule is COc1ccc(OC)c(CCNCc2cc(C)cc(I)c2)c1. The molecule has 0 aliphatic rings. The molecule has 1 N–H and O–H groups in total. The molecule has 0 saturated carbocycles. The van der Waals surface area contributed by atoms with Gasteiger partial charge in [0.15, 0.2) is 0 Å². The topological polar surface area (TPSA) is 30.5 Å². The lowest BCUT2D eigenvalue weighted by atomic mass is 10.1. The van der Waals surface area contributed by atoms with Crippen LogP contribution in [0.1, 0.15) is 16.7 Å². The Morgan fingerprint density at radius 3 is 2.55 bits per heavy atom. The molecule has 22 heavy (non-hydrogen) atoms. The van der Waals surface area contributed by atoms with Gasteiger partial charge in [0.1, 0.15) is 11.5 Å². The third-order valence-corrected chi connectivity index (χ3v) is 4.11. The van der Waals surface area contributed by atoms with Crippen LogP contribution in [0.25, 0.3) is 0 Å². The summed E-state index contributed by atoms with van der Waals surface area (Å²) < 4.78 is 12.0. The summed E-state index contributed by atoms with van der Waals surface area (Å²) in [5.41, 5.74) is 3.79. The highest BCUT2D eigenvalue weighted by Crippen LogP contribution is 2.24. The zero-order chi connectivity index (χ0) is 15.9. The minimum atomic E-state index is 0.865. The zero-order valence-corrected chi connectivity index (χ0v) is 15.4. The van der Waals surface area contributed by atoms with Crippen molar-refractivity contribution >= 4 is 22.6 Å². The highest BCUT2D eigenvalue weighted by atomic mass is 127. The highest BCUT2D eigenvalue weighted by molar-refractivity contribution is 14.1. The first-order valence-corrected chi connectivity index (χ1v) is 8.38. The van der Waals surface area contributed by atoms with E-state index >= 15 is 0 Å². The normalized spacial score (nSPS) is 10.5. The molecule has 2 aromatic carbocycles. The van der Waals surface area contributed by atoms with Crippen molar-refractivity contribution in [3.63, 3.8) is 0 Å². The van der Waals surface area contributed by atoms with E-state index in [2.05, 4.69) is 53.0 Å². The summed E-state index contributed by atoms with van der Waals surface area (Å²) in [5.74, 6) is 1.77. The van der Waals surface area contributed by atoms with E-state index in [0.29, 0.717) is 0 Å². The highest BCUT2D eigenvalue weighted by Gasteiger charge is 2.05. The fourth-order valence-electron chi connectivity index (χ4n) is 2.45. The molecule has 0 saturated heterocycles. The summed E-state index contributed by atoms with van der Waals surface area (Å²) in [4.78, 5) is 0. The van der Waals surface area contributed by atoms with Gasteiger partial charge in [-0.3, -0.25) is 0 Å². The maximum atomic E-state index is 5.41. The Morgan fingerprint density at radius 2 is 1.86 bits per heavy atom. The van der Waals surface area contributed by atoms with Crippen molar-refractivity contribution in [2.24, 2.45) is 0 Å². The zero-order valence-electron chi connectivity index (χ0n) is 13.3. The predicted molar refractivity (Wildman–Crippen MR) is 98.9 cm³/mol. The second kappa shape index (κ2) is 8.39. The van der Waals surface area contributed by atoms with Crippen LogP contribution in [0.2, 0.25) is 0 Å². The van der Waals surface area contributed by atoms with E-state index in [1.54, 1.807) is 14.2 Å². The molecule has 0 aromatic heterocycles. The Hall–Kier alpha value is -1.27. The lowest BCUT2D eigenvalue weighted by molar-refractivity contribution is 0.398. The molecule has 0 atom stereocenters. The summed E-state index contributed by atoms with van der Waals surface area (Å²) >= 11 is 2.36. The fraction of sp³-hybridized carbons (Fsp3) is 0.333. The summed E-state index contributed by atoms with van der Waals surface area (Å²) in [6.45, 7) is 3.91. The van der Waals surface area contributed by atoms with Gasteiger partial charge >= 0.3 is 0 Å². The van der Waals surface area contributed by atoms with E-state index in [1.165, 1.54) is 14.7 Å². The fourth-order valence-corrected chi connectivity index (χ4v) is 3.34. The number of rotatable bonds is 7. The van der Waals surface area contributed by atoms with Crippen molar-refractivity contribution in [1.29, 1.82) is 0 Å². The van der Waals surface area contributed by atoms with E-state index < -0.39 is 0 Å². The van der Waals surface area contributed by atoms with Crippen LogP contribution in [0.4, 0.5) is 0 Å². The summed E-state index contributed by atoms with van der Waals surface area (Å²) in [7, 11) is 3.39. The lowest BCUT2D eigenvalue weighted by Gasteiger charge is -2.11. The first kappa shape index (κ1) is 17.1. The van der Waals surface area contributed by atoms with Crippen LogP contribution < -0.4 is 14.8 Å². The van der Waals surface area contributed by atoms with Crippen LogP contribution in [-0.2, 0) is 13.0 Å². The van der Waals surface area contributed by atoms with Crippen molar-refractivity contribution in [3.05, 3.63) is 56.7 Å². The van der Waals surface area contributed by atoms with E-state index in [9.17, 15) is 0 Å². The molecule has 0 aliphatic carbocycles. The molecule has 0 heterocycles. The standard InChI is InChI=1S/C18H22INO2/c1-13-8-14(10-16(19)9-13)12-20-7-6-15-11-17(21-2)4-5-18(15)22-3/h4-5,8-11,20H,6-7,12H2,1-3H3. The van der Waals surface area contributed by atoms with Gasteiger partial charge in [-0.05, 0) is 89.5 Å². The number of hydrogen-bond donors (Lipinski definition) is 1. The van der Waals surface area contributed by atoms with Gasteiger partial charge in [0.2, 0.25) is 0 Å². The first-order chi connectivity index (χ1) is 10.6. The molecule has 0 unspecified atom stereocenters. The summed E-state index contributed by atoms with van der Waals surface area (Å²) in [6.07, 6.45) is 0.906. The second-order valence-corrected chi connectivity index (χ2v) is 6.49. The van der Waals surface area contributed by atoms with Gasteiger partial charge in [-0.2, -0.15) is 0 Å². The van der Waals surface area contributed by atoms with Gasteiger partial charge in [-0.15, -0.1) is 0 Å². The Labute approximate surface area is 146 Å². The van der Waals surface area contributed by atoms with Gasteiger partial charge in [0.25, 0.3) is 0 Å². The average Bonchev–Trinajstić information content (AvgIpc) is 2.50. The minimum absolute atomic E-state index is 0.865. The minimum Gasteiger partial charge on any atom is -0.497 e. The predicted octanol–water partition coefficient (Wildman–Crippen LogP) is 3.95. The summed E-state index contributed by atoms with van der Waals surface area (Å²) in [6, 6.07) is 12.5. The second-order valence-electron chi connectivity index (χ2n) is 5.24. The Balaban J connectivity index is 1.90. The molecule has 118 valence electrons. The van der Waals surface area contributed by atoms with Gasteiger partial charge in [-0.25, -0.2) is 0 Å². The van der Waals surface area contributed by atoms with Crippen molar-refractivity contribution in [2.75, 3.05) is 20.8 Å². The molecule has 0 bridgehead atoms. The van der Waals surface area contributed by atoms with E-state index in [1.807, 2.05) is 18.2 Å². The van der Waals surface area contributed by atoms with E-state index in [-0.39, 0.29) is 0 Å². The van der Waals surface area contributed by atoms with Gasteiger partial charge in [0.05, 0.1) is 14.2 Å². The van der Waals surface area contributed by atoms with Crippen LogP contribution in [0.3, 0.4) is 0 Å². The maximum absolute atomic E-state index is 5.41. The van der Waals surface area contributed by atoms with Crippen molar-refractivity contribution < 1.29 is 9.47 Å². The number of halogens is 1. The van der Waals surface area contributed by atoms with E-state index in [0.717, 1.165) is 36.6 Å². The van der Waals surface area contributed by atoms with Gasteiger partial charge in [-0.1, -0.05) is 6.07 Å². The number of benzene rings is 2. The third kappa shape index (κ3) is 4.88. The largest absolute Gasteiger partial charge is 0.497 e. The summed E-state index contributed by atoms with van der Waals surface area (Å²) in [5, 5.41) is 3.49. The quantitative estimate of drug-likeness (QED) is 0.553. The third-order valence-electron chi connectivity index (χ3n) is 3.49. The Bertz CT molecular complexity index is 608. The lowest BCUT2D eigenvalue weighted by Crippen LogP contribution is -2.17. The van der Waals surface area contributed by atoms with Crippen molar-refractivity contribution in [1.82, 2.24) is 5.32 Å². The monoisotopic (exact) mass is 411 g/mol. The molecule has 3 nitrogen and oxygen atoms in total. The van der Waals surface area contributed by atoms with Gasteiger partial charge < -0.3 is 14.8 Å². The van der Waals surface area contributed by atoms with Crippen molar-refractivity contribution in [3.8, 4) is 11.5 Å². The van der Waals surface area contributed by atoms with Crippen LogP contribution in [-0.4, -0.2) is 20.8 Å². The Kier molecular flexibility index (Phi) is 6.51. The van der Waals surface area contributed by atoms with Crippen molar-refractivity contribution in [2.45, 2.75) is 19.9 Å². The molecule has 4 heteroatoms. The molecular formula is C18H22INO2. The van der Waals surface area contributed by atoms with Crippen LogP contribution in [0, 0.1) is 10.5 Å². The molecule has 0 fully saturated rings. The average molecular weight is 411 g/mol. The first-order valence-electron chi connectivity index (χ1n) is 7.30. The van der Waals surface area contributed by atoms with Crippen LogP contribution in [0.15, 0.2) is 36.4 Å². The van der Waals surface area contributed by atoms with Crippen LogP contribution >= 0.6 is 22.6 Å². The molecule has 2 aromatic rings. The van der Waals surface area contributed by atoms with Crippen LogP contribution in [0.5, 0.6) is 11.5 Å². The molecular weight excluding hydrogens is 389 g/mol. The number of nitrogens with one attached hydrogen (secondary N) is 1. The molecule has 0 amide bonds. The van der Waals surface area contributed by atoms with Gasteiger partial charge in [0, 0.05) is 10.1 Å². The maximum Gasteiger partial charge on any atom is 0.122 e. The number of aryl methyl sites for hydroxylation is 1. The van der Waals surface area contributed by atoms with E-state index in [4.69, 9.17) is 9.47 Å². The number of methoxy groups -OCH3 is 2. The number of ether oxygens (including phenoxy) is 2. The smallest absolute Gasteiger partial charge is 0.122 e. The molecule has 2 rings (SSSR count). The molecule has 0 spiro atoms. The Morgan fingerprint density at radius 1 is 1.05 bits per heavy atom. The molecule has 0 radical (unpaired) electrons. The molecule has 0 aliphatic heterocycles. The number of hydrogen-bond acceptors (Lipinski definition) is 3.